The van der Waals surface area contributed by atoms with Crippen LogP contribution in [0.3, 0.4) is 0 Å². The summed E-state index contributed by atoms with van der Waals surface area (Å²) in [4.78, 5) is 54.9. The number of hydrogen-bond donors (Lipinski definition) is 0. The van der Waals surface area contributed by atoms with E-state index in [0.29, 0.717) is 36.0 Å². The van der Waals surface area contributed by atoms with E-state index >= 15 is 0 Å². The molecule has 0 radical (unpaired) electrons. The van der Waals surface area contributed by atoms with E-state index in [9.17, 15) is 14.4 Å². The van der Waals surface area contributed by atoms with Crippen LogP contribution in [-0.4, -0.2) is 80.2 Å². The molecule has 250 valence electrons. The van der Waals surface area contributed by atoms with Gasteiger partial charge in [0.1, 0.15) is 16.5 Å². The molecule has 11 heteroatoms. The fraction of sp³-hybridized carbons (Fsp3) is 0.500. The Morgan fingerprint density at radius 1 is 1.06 bits per heavy atom. The summed E-state index contributed by atoms with van der Waals surface area (Å²) < 4.78 is 0.999. The summed E-state index contributed by atoms with van der Waals surface area (Å²) >= 11 is 11.4. The molecule has 0 saturated carbocycles. The zero-order valence-corrected chi connectivity index (χ0v) is 31.0. The molecule has 5 atom stereocenters. The molecular formula is C36H43BrClN5O3S. The second kappa shape index (κ2) is 13.2. The Kier molecular flexibility index (Phi) is 9.59. The van der Waals surface area contributed by atoms with Crippen LogP contribution in [0.4, 0.5) is 0 Å². The summed E-state index contributed by atoms with van der Waals surface area (Å²) in [7, 11) is 0. The first-order chi connectivity index (χ1) is 22.3. The highest BCUT2D eigenvalue weighted by Crippen LogP contribution is 2.56. The third-order valence-corrected chi connectivity index (χ3v) is 12.0. The molecule has 2 saturated heterocycles. The minimum absolute atomic E-state index is 0.0151. The standard InChI is InChI=1S/C36H43BrClN5O3S/c1-7-28-16-17-29(33(45)40-18-19-41(23(5)44)22(4)20-40)42(28)34(46)31-30(21(2)3)43-32(24-8-14-27(38)15-9-24)36(6,39-35(43)47-31)25-10-12-26(37)13-11-25/h8-15,21-22,28-29,32H,7,16-20H2,1-6H3/t22-,28-,29+,32-,36+/m1/s1. The van der Waals surface area contributed by atoms with Crippen molar-refractivity contribution in [1.82, 2.24) is 19.6 Å². The molecule has 0 aromatic heterocycles. The van der Waals surface area contributed by atoms with E-state index in [1.165, 1.54) is 11.8 Å². The molecule has 0 spiro atoms. The largest absolute Gasteiger partial charge is 0.337 e. The number of benzene rings is 2. The third kappa shape index (κ3) is 6.03. The van der Waals surface area contributed by atoms with Crippen LogP contribution in [0.15, 0.2) is 68.6 Å². The molecule has 0 unspecified atom stereocenters. The molecule has 2 aromatic rings. The van der Waals surface area contributed by atoms with Crippen molar-refractivity contribution in [1.29, 1.82) is 0 Å². The molecule has 3 amide bonds. The van der Waals surface area contributed by atoms with Crippen molar-refractivity contribution in [2.75, 3.05) is 19.6 Å². The number of piperazine rings is 1. The van der Waals surface area contributed by atoms with Crippen LogP contribution in [0.1, 0.15) is 78.0 Å². The average molecular weight is 741 g/mol. The Balaban J connectivity index is 1.37. The van der Waals surface area contributed by atoms with Gasteiger partial charge in [-0.1, -0.05) is 72.6 Å². The highest BCUT2D eigenvalue weighted by Gasteiger charge is 2.54. The highest BCUT2D eigenvalue weighted by molar-refractivity contribution is 9.10. The number of carbonyl (C=O) groups is 3. The molecule has 47 heavy (non-hydrogen) atoms. The van der Waals surface area contributed by atoms with Crippen molar-refractivity contribution >= 4 is 62.2 Å². The number of amides is 3. The van der Waals surface area contributed by atoms with Gasteiger partial charge in [0, 0.05) is 53.8 Å². The number of carbonyl (C=O) groups excluding carboxylic acids is 3. The number of rotatable bonds is 6. The van der Waals surface area contributed by atoms with Gasteiger partial charge in [-0.25, -0.2) is 4.99 Å². The van der Waals surface area contributed by atoms with Gasteiger partial charge in [0.05, 0.1) is 6.04 Å². The first kappa shape index (κ1) is 34.1. The fourth-order valence-corrected chi connectivity index (χ4v) is 9.59. The number of halogens is 2. The first-order valence-corrected chi connectivity index (χ1v) is 18.6. The Labute approximate surface area is 295 Å². The summed E-state index contributed by atoms with van der Waals surface area (Å²) in [6.07, 6.45) is 2.20. The zero-order valence-electron chi connectivity index (χ0n) is 27.9. The molecular weight excluding hydrogens is 698 g/mol. The first-order valence-electron chi connectivity index (χ1n) is 16.6. The van der Waals surface area contributed by atoms with Crippen LogP contribution < -0.4 is 0 Å². The van der Waals surface area contributed by atoms with E-state index in [0.717, 1.165) is 39.3 Å². The van der Waals surface area contributed by atoms with E-state index < -0.39 is 11.6 Å². The van der Waals surface area contributed by atoms with Crippen LogP contribution in [0.5, 0.6) is 0 Å². The lowest BCUT2D eigenvalue weighted by Gasteiger charge is -2.41. The maximum absolute atomic E-state index is 14.8. The number of hydrogen-bond acceptors (Lipinski definition) is 6. The van der Waals surface area contributed by atoms with Gasteiger partial charge >= 0.3 is 0 Å². The van der Waals surface area contributed by atoms with Crippen molar-refractivity contribution in [3.05, 3.63) is 79.8 Å². The predicted molar refractivity (Wildman–Crippen MR) is 192 cm³/mol. The maximum Gasteiger partial charge on any atom is 0.263 e. The second-order valence-electron chi connectivity index (χ2n) is 13.6. The van der Waals surface area contributed by atoms with Gasteiger partial charge in [-0.15, -0.1) is 0 Å². The van der Waals surface area contributed by atoms with E-state index in [2.05, 4.69) is 72.8 Å². The van der Waals surface area contributed by atoms with Gasteiger partial charge in [-0.2, -0.15) is 0 Å². The van der Waals surface area contributed by atoms with Crippen molar-refractivity contribution in [2.45, 2.75) is 90.5 Å². The number of nitrogens with zero attached hydrogens (tertiary/aromatic N) is 5. The van der Waals surface area contributed by atoms with Crippen molar-refractivity contribution in [2.24, 2.45) is 10.9 Å². The van der Waals surface area contributed by atoms with E-state index in [4.69, 9.17) is 16.6 Å². The predicted octanol–water partition coefficient (Wildman–Crippen LogP) is 7.19. The van der Waals surface area contributed by atoms with Crippen LogP contribution in [-0.2, 0) is 19.9 Å². The molecule has 4 aliphatic heterocycles. The van der Waals surface area contributed by atoms with Crippen molar-refractivity contribution in [3.8, 4) is 0 Å². The quantitative estimate of drug-likeness (QED) is 0.314. The van der Waals surface area contributed by atoms with Crippen LogP contribution >= 0.6 is 39.3 Å². The SMILES string of the molecule is CC[C@@H]1CC[C@@H](C(=O)N2CCN(C(C)=O)[C@H](C)C2)N1C(=O)C1=C(C(C)C)N2C(=N[C@@](C)(c3ccc(Br)cc3)[C@H]2c2ccc(Cl)cc2)S1. The van der Waals surface area contributed by atoms with Gasteiger partial charge in [0.25, 0.3) is 5.91 Å². The Hall–Kier alpha value is -2.82. The van der Waals surface area contributed by atoms with Crippen molar-refractivity contribution < 1.29 is 14.4 Å². The van der Waals surface area contributed by atoms with E-state index in [-0.39, 0.29) is 41.8 Å². The molecule has 8 nitrogen and oxygen atoms in total. The number of thioether (sulfide) groups is 1. The number of aliphatic imine (C=N–C) groups is 1. The van der Waals surface area contributed by atoms with Gasteiger partial charge in [-0.05, 0) is 86.2 Å². The van der Waals surface area contributed by atoms with E-state index in [1.807, 2.05) is 45.9 Å². The van der Waals surface area contributed by atoms with Crippen LogP contribution in [0.25, 0.3) is 0 Å². The topological polar surface area (TPSA) is 76.5 Å². The van der Waals surface area contributed by atoms with Gasteiger partial charge in [0.15, 0.2) is 5.17 Å². The third-order valence-electron chi connectivity index (χ3n) is 10.2. The second-order valence-corrected chi connectivity index (χ2v) is 15.9. The lowest BCUT2D eigenvalue weighted by Crippen LogP contribution is -2.58. The van der Waals surface area contributed by atoms with Gasteiger partial charge < -0.3 is 19.6 Å². The molecule has 6 rings (SSSR count). The Morgan fingerprint density at radius 3 is 2.34 bits per heavy atom. The van der Waals surface area contributed by atoms with Gasteiger partial charge in [-0.3, -0.25) is 14.4 Å². The summed E-state index contributed by atoms with van der Waals surface area (Å²) in [6, 6.07) is 15.4. The summed E-state index contributed by atoms with van der Waals surface area (Å²) in [6.45, 7) is 13.5. The molecule has 0 bridgehead atoms. The maximum atomic E-state index is 14.8. The number of likely N-dealkylation sites (tertiary alicyclic amines) is 1. The van der Waals surface area contributed by atoms with Crippen LogP contribution in [0.2, 0.25) is 5.02 Å². The lowest BCUT2D eigenvalue weighted by molar-refractivity contribution is -0.147. The fourth-order valence-electron chi connectivity index (χ4n) is 7.85. The molecule has 4 heterocycles. The average Bonchev–Trinajstić information content (AvgIpc) is 3.71. The minimum Gasteiger partial charge on any atom is -0.337 e. The normalized spacial score (nSPS) is 27.6. The van der Waals surface area contributed by atoms with E-state index in [1.54, 1.807) is 6.92 Å². The molecule has 2 fully saturated rings. The Bertz CT molecular complexity index is 1630. The van der Waals surface area contributed by atoms with Crippen LogP contribution in [0, 0.1) is 5.92 Å². The smallest absolute Gasteiger partial charge is 0.263 e. The number of allylic oxidation sites excluding steroid dienone is 1. The molecule has 4 aliphatic rings. The number of fused-ring (bicyclic) bond motifs is 1. The minimum atomic E-state index is -0.623. The lowest BCUT2D eigenvalue weighted by atomic mass is 9.81. The molecule has 0 N–H and O–H groups in total. The summed E-state index contributed by atoms with van der Waals surface area (Å²) in [5.74, 6) is -0.0576. The Morgan fingerprint density at radius 2 is 1.74 bits per heavy atom. The summed E-state index contributed by atoms with van der Waals surface area (Å²) in [5.41, 5.74) is 2.46. The molecule has 0 aliphatic carbocycles. The van der Waals surface area contributed by atoms with Crippen molar-refractivity contribution in [3.63, 3.8) is 0 Å². The molecule has 2 aromatic carbocycles. The summed E-state index contributed by atoms with van der Waals surface area (Å²) in [5, 5.41) is 1.46. The highest BCUT2D eigenvalue weighted by atomic mass is 79.9. The van der Waals surface area contributed by atoms with Gasteiger partial charge in [0.2, 0.25) is 11.8 Å². The number of amidine groups is 1. The monoisotopic (exact) mass is 739 g/mol. The zero-order chi connectivity index (χ0) is 33.8.